The molecule has 58 valence electrons. The Morgan fingerprint density at radius 3 is 2.80 bits per heavy atom. The van der Waals surface area contributed by atoms with Crippen molar-refractivity contribution in [1.82, 2.24) is 0 Å². The third-order valence-corrected chi connectivity index (χ3v) is 2.81. The van der Waals surface area contributed by atoms with Crippen molar-refractivity contribution < 1.29 is 4.79 Å². The molecule has 0 aliphatic heterocycles. The van der Waals surface area contributed by atoms with Crippen LogP contribution in [0.3, 0.4) is 0 Å². The van der Waals surface area contributed by atoms with E-state index in [1.54, 1.807) is 11.8 Å². The van der Waals surface area contributed by atoms with Crippen molar-refractivity contribution in [2.24, 2.45) is 5.92 Å². The van der Waals surface area contributed by atoms with Gasteiger partial charge in [-0.2, -0.15) is 11.8 Å². The van der Waals surface area contributed by atoms with Gasteiger partial charge in [0.15, 0.2) is 0 Å². The Bertz CT molecular complexity index is 118. The van der Waals surface area contributed by atoms with Crippen molar-refractivity contribution in [3.63, 3.8) is 0 Å². The van der Waals surface area contributed by atoms with Gasteiger partial charge in [0, 0.05) is 5.92 Å². The van der Waals surface area contributed by atoms with Gasteiger partial charge in [-0.05, 0) is 25.0 Å². The minimum Gasteiger partial charge on any atom is -0.298 e. The van der Waals surface area contributed by atoms with Crippen molar-refractivity contribution >= 4 is 17.5 Å². The number of ketones is 1. The second kappa shape index (κ2) is 4.02. The van der Waals surface area contributed by atoms with Crippen LogP contribution in [0.4, 0.5) is 0 Å². The summed E-state index contributed by atoms with van der Waals surface area (Å²) in [6, 6.07) is 0. The molecule has 0 aromatic rings. The Morgan fingerprint density at radius 2 is 2.30 bits per heavy atom. The van der Waals surface area contributed by atoms with Crippen LogP contribution in [0.2, 0.25) is 0 Å². The van der Waals surface area contributed by atoms with Crippen molar-refractivity contribution in [2.75, 3.05) is 11.5 Å². The molecule has 0 spiro atoms. The third kappa shape index (κ3) is 2.74. The van der Waals surface area contributed by atoms with Gasteiger partial charge in [0.25, 0.3) is 0 Å². The SMILES string of the molecule is CCCSCC(=O)C1CC1. The fourth-order valence-electron chi connectivity index (χ4n) is 0.840. The van der Waals surface area contributed by atoms with E-state index in [2.05, 4.69) is 6.92 Å². The summed E-state index contributed by atoms with van der Waals surface area (Å²) < 4.78 is 0. The minimum atomic E-state index is 0.462. The van der Waals surface area contributed by atoms with Crippen LogP contribution >= 0.6 is 11.8 Å². The quantitative estimate of drug-likeness (QED) is 0.570. The molecule has 0 aromatic carbocycles. The fraction of sp³-hybridized carbons (Fsp3) is 0.875. The van der Waals surface area contributed by atoms with E-state index in [4.69, 9.17) is 0 Å². The van der Waals surface area contributed by atoms with Gasteiger partial charge >= 0.3 is 0 Å². The van der Waals surface area contributed by atoms with Crippen molar-refractivity contribution in [3.05, 3.63) is 0 Å². The Balaban J connectivity index is 1.95. The van der Waals surface area contributed by atoms with Gasteiger partial charge in [0.05, 0.1) is 5.75 Å². The standard InChI is InChI=1S/C8H14OS/c1-2-5-10-6-8(9)7-3-4-7/h7H,2-6H2,1H3. The first kappa shape index (κ1) is 8.12. The van der Waals surface area contributed by atoms with Crippen LogP contribution in [0.15, 0.2) is 0 Å². The zero-order chi connectivity index (χ0) is 7.40. The second-order valence-electron chi connectivity index (χ2n) is 2.79. The number of hydrogen-bond acceptors (Lipinski definition) is 2. The molecule has 0 radical (unpaired) electrons. The first-order valence-electron chi connectivity index (χ1n) is 3.95. The molecule has 1 saturated carbocycles. The summed E-state index contributed by atoms with van der Waals surface area (Å²) in [6.07, 6.45) is 3.50. The Kier molecular flexibility index (Phi) is 3.26. The van der Waals surface area contributed by atoms with Crippen molar-refractivity contribution in [3.8, 4) is 0 Å². The van der Waals surface area contributed by atoms with E-state index < -0.39 is 0 Å². The van der Waals surface area contributed by atoms with Crippen LogP contribution in [0.5, 0.6) is 0 Å². The lowest BCUT2D eigenvalue weighted by Crippen LogP contribution is -2.03. The highest BCUT2D eigenvalue weighted by atomic mass is 32.2. The Morgan fingerprint density at radius 1 is 1.60 bits per heavy atom. The summed E-state index contributed by atoms with van der Waals surface area (Å²) in [5, 5.41) is 0. The van der Waals surface area contributed by atoms with Gasteiger partial charge in [-0.15, -0.1) is 0 Å². The number of Topliss-reactive ketones (excluding diaryl/α,β-unsaturated/α-hetero) is 1. The van der Waals surface area contributed by atoms with E-state index >= 15 is 0 Å². The third-order valence-electron chi connectivity index (χ3n) is 1.63. The molecular weight excluding hydrogens is 144 g/mol. The van der Waals surface area contributed by atoms with Gasteiger partial charge in [-0.3, -0.25) is 4.79 Å². The molecule has 1 aliphatic rings. The maximum Gasteiger partial charge on any atom is 0.145 e. The number of rotatable bonds is 5. The molecule has 2 heteroatoms. The number of hydrogen-bond donors (Lipinski definition) is 0. The first-order chi connectivity index (χ1) is 4.84. The lowest BCUT2D eigenvalue weighted by Gasteiger charge is -1.95. The van der Waals surface area contributed by atoms with Crippen molar-refractivity contribution in [2.45, 2.75) is 26.2 Å². The van der Waals surface area contributed by atoms with E-state index in [-0.39, 0.29) is 0 Å². The molecule has 1 aliphatic carbocycles. The molecule has 1 rings (SSSR count). The summed E-state index contributed by atoms with van der Waals surface area (Å²) in [4.78, 5) is 11.1. The smallest absolute Gasteiger partial charge is 0.145 e. The van der Waals surface area contributed by atoms with Gasteiger partial charge in [0.1, 0.15) is 5.78 Å². The maximum atomic E-state index is 11.1. The van der Waals surface area contributed by atoms with E-state index in [1.807, 2.05) is 0 Å². The maximum absolute atomic E-state index is 11.1. The zero-order valence-corrected chi connectivity index (χ0v) is 7.25. The zero-order valence-electron chi connectivity index (χ0n) is 6.43. The average Bonchev–Trinajstić information content (AvgIpc) is 2.69. The molecule has 1 nitrogen and oxygen atoms in total. The summed E-state index contributed by atoms with van der Waals surface area (Å²) in [5.41, 5.74) is 0. The number of thioether (sulfide) groups is 1. The van der Waals surface area contributed by atoms with Gasteiger partial charge in [-0.25, -0.2) is 0 Å². The van der Waals surface area contributed by atoms with Gasteiger partial charge in [-0.1, -0.05) is 6.92 Å². The molecule has 10 heavy (non-hydrogen) atoms. The summed E-state index contributed by atoms with van der Waals surface area (Å²) in [5.74, 6) is 2.85. The van der Waals surface area contributed by atoms with E-state index in [0.717, 1.165) is 24.3 Å². The van der Waals surface area contributed by atoms with Crippen LogP contribution in [0, 0.1) is 5.92 Å². The monoisotopic (exact) mass is 158 g/mol. The van der Waals surface area contributed by atoms with Crippen LogP contribution in [0.1, 0.15) is 26.2 Å². The molecule has 0 unspecified atom stereocenters. The largest absolute Gasteiger partial charge is 0.298 e. The predicted molar refractivity (Wildman–Crippen MR) is 45.3 cm³/mol. The summed E-state index contributed by atoms with van der Waals surface area (Å²) >= 11 is 1.78. The van der Waals surface area contributed by atoms with Crippen molar-refractivity contribution in [1.29, 1.82) is 0 Å². The molecule has 0 bridgehead atoms. The second-order valence-corrected chi connectivity index (χ2v) is 3.90. The normalized spacial score (nSPS) is 17.3. The Hall–Kier alpha value is 0.0200. The van der Waals surface area contributed by atoms with Gasteiger partial charge < -0.3 is 0 Å². The van der Waals surface area contributed by atoms with Crippen LogP contribution < -0.4 is 0 Å². The topological polar surface area (TPSA) is 17.1 Å². The highest BCUT2D eigenvalue weighted by Crippen LogP contribution is 2.30. The van der Waals surface area contributed by atoms with Gasteiger partial charge in [0.2, 0.25) is 0 Å². The summed E-state index contributed by atoms with van der Waals surface area (Å²) in [6.45, 7) is 2.15. The molecule has 0 N–H and O–H groups in total. The average molecular weight is 158 g/mol. The lowest BCUT2D eigenvalue weighted by atomic mass is 10.3. The summed E-state index contributed by atoms with van der Waals surface area (Å²) in [7, 11) is 0. The highest BCUT2D eigenvalue weighted by Gasteiger charge is 2.28. The number of carbonyl (C=O) groups is 1. The fourth-order valence-corrected chi connectivity index (χ4v) is 1.71. The lowest BCUT2D eigenvalue weighted by molar-refractivity contribution is -0.117. The predicted octanol–water partition coefficient (Wildman–Crippen LogP) is 2.11. The highest BCUT2D eigenvalue weighted by molar-refractivity contribution is 7.99. The molecule has 0 atom stereocenters. The Labute approximate surface area is 66.6 Å². The number of carbonyl (C=O) groups excluding carboxylic acids is 1. The van der Waals surface area contributed by atoms with E-state index in [1.165, 1.54) is 6.42 Å². The molecule has 0 amide bonds. The van der Waals surface area contributed by atoms with Crippen LogP contribution in [-0.4, -0.2) is 17.3 Å². The first-order valence-corrected chi connectivity index (χ1v) is 5.10. The molecule has 0 aromatic heterocycles. The van der Waals surface area contributed by atoms with E-state index in [9.17, 15) is 4.79 Å². The minimum absolute atomic E-state index is 0.462. The van der Waals surface area contributed by atoms with E-state index in [0.29, 0.717) is 11.7 Å². The molecule has 1 fully saturated rings. The molecular formula is C8H14OS. The molecule has 0 heterocycles. The van der Waals surface area contributed by atoms with Crippen LogP contribution in [-0.2, 0) is 4.79 Å². The van der Waals surface area contributed by atoms with Crippen LogP contribution in [0.25, 0.3) is 0 Å². The molecule has 0 saturated heterocycles.